The number of hydrogen-bond acceptors (Lipinski definition) is 2. The highest BCUT2D eigenvalue weighted by Crippen LogP contribution is 2.20. The molecule has 0 bridgehead atoms. The minimum atomic E-state index is -0.273. The molecule has 1 aromatic carbocycles. The number of imide groups is 1. The van der Waals surface area contributed by atoms with Gasteiger partial charge in [0.25, 0.3) is 0 Å². The molecular formula is C16H15N2O2+. The van der Waals surface area contributed by atoms with Gasteiger partial charge in [0.2, 0.25) is 11.4 Å². The quantitative estimate of drug-likeness (QED) is 0.584. The van der Waals surface area contributed by atoms with Gasteiger partial charge in [0.15, 0.2) is 0 Å². The number of benzene rings is 1. The first-order valence-corrected chi connectivity index (χ1v) is 6.48. The first-order chi connectivity index (χ1) is 9.50. The Balaban J connectivity index is 2.19. The zero-order chi connectivity index (χ0) is 14.4. The predicted octanol–water partition coefficient (Wildman–Crippen LogP) is 1.83. The summed E-state index contributed by atoms with van der Waals surface area (Å²) in [5.41, 5.74) is 3.75. The summed E-state index contributed by atoms with van der Waals surface area (Å²) in [4.78, 5) is 25.0. The lowest BCUT2D eigenvalue weighted by Gasteiger charge is -2.11. The van der Waals surface area contributed by atoms with Crippen LogP contribution in [0.25, 0.3) is 0 Å². The molecule has 2 amide bonds. The molecule has 0 unspecified atom stereocenters. The van der Waals surface area contributed by atoms with Gasteiger partial charge in [0.1, 0.15) is 0 Å². The molecule has 2 heterocycles. The van der Waals surface area contributed by atoms with Crippen LogP contribution in [0.15, 0.2) is 36.4 Å². The number of aryl methyl sites for hydroxylation is 3. The lowest BCUT2D eigenvalue weighted by Crippen LogP contribution is -2.64. The Morgan fingerprint density at radius 2 is 1.30 bits per heavy atom. The number of fused-ring (bicyclic) bond motifs is 1. The number of amides is 2. The van der Waals surface area contributed by atoms with Crippen molar-refractivity contribution in [2.24, 2.45) is 0 Å². The Kier molecular flexibility index (Phi) is 2.67. The van der Waals surface area contributed by atoms with Crippen molar-refractivity contribution >= 4 is 11.8 Å². The summed E-state index contributed by atoms with van der Waals surface area (Å²) >= 11 is 0. The Labute approximate surface area is 117 Å². The maximum absolute atomic E-state index is 12.5. The topological polar surface area (TPSA) is 41.3 Å². The molecule has 4 heteroatoms. The summed E-state index contributed by atoms with van der Waals surface area (Å²) in [5, 5.41) is 1.22. The number of rotatable bonds is 1. The van der Waals surface area contributed by atoms with Gasteiger partial charge in [-0.1, -0.05) is 16.8 Å². The van der Waals surface area contributed by atoms with Gasteiger partial charge in [-0.25, -0.2) is 0 Å². The van der Waals surface area contributed by atoms with E-state index in [9.17, 15) is 9.59 Å². The number of carbonyl (C=O) groups excluding carboxylic acids is 2. The summed E-state index contributed by atoms with van der Waals surface area (Å²) < 4.78 is 1.68. The summed E-state index contributed by atoms with van der Waals surface area (Å²) in [5.74, 6) is -0.545. The molecule has 1 aromatic heterocycles. The van der Waals surface area contributed by atoms with E-state index in [1.165, 1.54) is 5.01 Å². The monoisotopic (exact) mass is 267 g/mol. The zero-order valence-electron chi connectivity index (χ0n) is 11.7. The lowest BCUT2D eigenvalue weighted by atomic mass is 10.1. The van der Waals surface area contributed by atoms with E-state index in [1.54, 1.807) is 28.9 Å². The molecule has 2 aromatic rings. The molecule has 0 aliphatic carbocycles. The average Bonchev–Trinajstić information content (AvgIpc) is 2.64. The van der Waals surface area contributed by atoms with E-state index in [0.717, 1.165) is 17.0 Å². The van der Waals surface area contributed by atoms with Crippen LogP contribution in [0.4, 0.5) is 0 Å². The van der Waals surface area contributed by atoms with Crippen molar-refractivity contribution in [2.75, 3.05) is 5.01 Å². The Bertz CT molecular complexity index is 692. The summed E-state index contributed by atoms with van der Waals surface area (Å²) in [6.45, 7) is 5.78. The molecule has 0 N–H and O–H groups in total. The number of aromatic nitrogens is 1. The van der Waals surface area contributed by atoms with Crippen molar-refractivity contribution in [2.45, 2.75) is 20.8 Å². The minimum Gasteiger partial charge on any atom is -0.263 e. The molecular weight excluding hydrogens is 252 g/mol. The third-order valence-corrected chi connectivity index (χ3v) is 3.51. The smallest absolute Gasteiger partial charge is 0.263 e. The van der Waals surface area contributed by atoms with Gasteiger partial charge in [0.05, 0.1) is 11.1 Å². The van der Waals surface area contributed by atoms with Crippen LogP contribution >= 0.6 is 0 Å². The molecule has 0 saturated carbocycles. The van der Waals surface area contributed by atoms with Crippen LogP contribution in [0.5, 0.6) is 0 Å². The summed E-state index contributed by atoms with van der Waals surface area (Å²) in [6.07, 6.45) is 0. The molecule has 1 aliphatic rings. The molecule has 1 aliphatic heterocycles. The second kappa shape index (κ2) is 4.27. The van der Waals surface area contributed by atoms with Crippen LogP contribution in [-0.2, 0) is 0 Å². The molecule has 20 heavy (non-hydrogen) atoms. The van der Waals surface area contributed by atoms with E-state index < -0.39 is 0 Å². The molecule has 0 radical (unpaired) electrons. The maximum Gasteiger partial charge on any atom is 0.319 e. The number of carbonyl (C=O) groups is 2. The molecule has 0 spiro atoms. The second-order valence-electron chi connectivity index (χ2n) is 5.09. The van der Waals surface area contributed by atoms with Crippen molar-refractivity contribution < 1.29 is 14.3 Å². The lowest BCUT2D eigenvalue weighted by molar-refractivity contribution is -0.683. The van der Waals surface area contributed by atoms with Crippen LogP contribution in [0.3, 0.4) is 0 Å². The SMILES string of the molecule is Cc1cc(C)[n+](N2C(=O)c3ccccc3C2=O)c(C)c1. The van der Waals surface area contributed by atoms with Crippen LogP contribution in [0.1, 0.15) is 37.7 Å². The minimum absolute atomic E-state index is 0.273. The average molecular weight is 267 g/mol. The first-order valence-electron chi connectivity index (χ1n) is 6.48. The Morgan fingerprint density at radius 1 is 0.850 bits per heavy atom. The van der Waals surface area contributed by atoms with Crippen LogP contribution in [0, 0.1) is 20.8 Å². The number of hydrogen-bond donors (Lipinski definition) is 0. The van der Waals surface area contributed by atoms with E-state index in [0.29, 0.717) is 11.1 Å². The maximum atomic E-state index is 12.5. The van der Waals surface area contributed by atoms with Crippen molar-refractivity contribution in [3.63, 3.8) is 0 Å². The second-order valence-corrected chi connectivity index (χ2v) is 5.09. The van der Waals surface area contributed by atoms with Crippen molar-refractivity contribution in [1.82, 2.24) is 0 Å². The Morgan fingerprint density at radius 3 is 1.75 bits per heavy atom. The molecule has 100 valence electrons. The highest BCUT2D eigenvalue weighted by atomic mass is 16.2. The Hall–Kier alpha value is -2.49. The van der Waals surface area contributed by atoms with Crippen LogP contribution in [-0.4, -0.2) is 11.8 Å². The predicted molar refractivity (Wildman–Crippen MR) is 74.2 cm³/mol. The van der Waals surface area contributed by atoms with Gasteiger partial charge in [-0.2, -0.15) is 0 Å². The van der Waals surface area contributed by atoms with E-state index in [4.69, 9.17) is 0 Å². The highest BCUT2D eigenvalue weighted by Gasteiger charge is 2.43. The zero-order valence-corrected chi connectivity index (χ0v) is 11.7. The van der Waals surface area contributed by atoms with Crippen molar-refractivity contribution in [1.29, 1.82) is 0 Å². The number of nitrogens with zero attached hydrogens (tertiary/aromatic N) is 2. The van der Waals surface area contributed by atoms with Gasteiger partial charge >= 0.3 is 11.8 Å². The first kappa shape index (κ1) is 12.5. The molecule has 4 nitrogen and oxygen atoms in total. The largest absolute Gasteiger partial charge is 0.319 e. The van der Waals surface area contributed by atoms with Gasteiger partial charge < -0.3 is 0 Å². The van der Waals surface area contributed by atoms with Gasteiger partial charge in [0, 0.05) is 26.0 Å². The van der Waals surface area contributed by atoms with Crippen molar-refractivity contribution in [3.05, 3.63) is 64.5 Å². The fraction of sp³-hybridized carbons (Fsp3) is 0.188. The van der Waals surface area contributed by atoms with Gasteiger partial charge in [-0.3, -0.25) is 9.59 Å². The fourth-order valence-corrected chi connectivity index (χ4v) is 2.77. The van der Waals surface area contributed by atoms with Crippen LogP contribution in [0.2, 0.25) is 0 Å². The fourth-order valence-electron chi connectivity index (χ4n) is 2.77. The number of pyridine rings is 1. The molecule has 0 fully saturated rings. The third-order valence-electron chi connectivity index (χ3n) is 3.51. The van der Waals surface area contributed by atoms with Crippen molar-refractivity contribution in [3.8, 4) is 0 Å². The normalized spacial score (nSPS) is 13.8. The van der Waals surface area contributed by atoms with E-state index in [1.807, 2.05) is 32.9 Å². The summed E-state index contributed by atoms with van der Waals surface area (Å²) in [7, 11) is 0. The standard InChI is InChI=1S/C16H15N2O2/c1-10-8-11(2)17(12(3)9-10)18-15(19)13-6-4-5-7-14(13)16(18)20/h4-9H,1-3H3/q+1. The highest BCUT2D eigenvalue weighted by molar-refractivity contribution is 6.29. The third kappa shape index (κ3) is 1.65. The molecule has 0 atom stereocenters. The molecule has 0 saturated heterocycles. The van der Waals surface area contributed by atoms with Gasteiger partial charge in [-0.15, -0.1) is 0 Å². The van der Waals surface area contributed by atoms with E-state index >= 15 is 0 Å². The molecule has 3 rings (SSSR count). The van der Waals surface area contributed by atoms with E-state index in [2.05, 4.69) is 0 Å². The summed E-state index contributed by atoms with van der Waals surface area (Å²) in [6, 6.07) is 10.8. The van der Waals surface area contributed by atoms with Gasteiger partial charge in [-0.05, 0) is 29.6 Å². The van der Waals surface area contributed by atoms with E-state index in [-0.39, 0.29) is 11.8 Å². The van der Waals surface area contributed by atoms with Crippen LogP contribution < -0.4 is 9.69 Å².